The predicted octanol–water partition coefficient (Wildman–Crippen LogP) is 0.121. The monoisotopic (exact) mass is 326 g/mol. The SMILES string of the molecule is C=CS(=O)(=O)CC(=O)C(=C)C(=O)CS(=O)(=O)C=C.N.N. The van der Waals surface area contributed by atoms with E-state index in [-0.39, 0.29) is 12.3 Å². The van der Waals surface area contributed by atoms with Gasteiger partial charge in [-0.1, -0.05) is 19.7 Å². The molecule has 0 saturated carbocycles. The number of hydrogen-bond donors (Lipinski definition) is 2. The number of carbonyl (C=O) groups is 2. The molecule has 0 unspecified atom stereocenters. The maximum absolute atomic E-state index is 11.4. The van der Waals surface area contributed by atoms with Crippen LogP contribution >= 0.6 is 0 Å². The van der Waals surface area contributed by atoms with Crippen molar-refractivity contribution in [3.8, 4) is 0 Å². The van der Waals surface area contributed by atoms with Crippen LogP contribution in [-0.2, 0) is 29.3 Å². The zero-order valence-electron chi connectivity index (χ0n) is 10.9. The van der Waals surface area contributed by atoms with Gasteiger partial charge in [0.25, 0.3) is 0 Å². The van der Waals surface area contributed by atoms with Crippen LogP contribution in [0.4, 0.5) is 0 Å². The van der Waals surface area contributed by atoms with E-state index < -0.39 is 48.3 Å². The van der Waals surface area contributed by atoms with Gasteiger partial charge < -0.3 is 12.3 Å². The van der Waals surface area contributed by atoms with Gasteiger partial charge in [0.05, 0.1) is 5.57 Å². The van der Waals surface area contributed by atoms with Gasteiger partial charge in [-0.15, -0.1) is 0 Å². The van der Waals surface area contributed by atoms with Crippen molar-refractivity contribution in [1.82, 2.24) is 12.3 Å². The summed E-state index contributed by atoms with van der Waals surface area (Å²) in [5.41, 5.74) is -0.675. The molecule has 0 bridgehead atoms. The van der Waals surface area contributed by atoms with Crippen molar-refractivity contribution in [2.45, 2.75) is 0 Å². The highest BCUT2D eigenvalue weighted by Gasteiger charge is 2.23. The first-order valence-corrected chi connectivity index (χ1v) is 7.93. The molecule has 20 heavy (non-hydrogen) atoms. The van der Waals surface area contributed by atoms with Crippen LogP contribution in [0.2, 0.25) is 0 Å². The average molecular weight is 326 g/mol. The maximum Gasteiger partial charge on any atom is 0.181 e. The molecule has 0 saturated heterocycles. The highest BCUT2D eigenvalue weighted by atomic mass is 32.2. The first kappa shape index (κ1) is 23.5. The molecule has 0 aromatic rings. The number of ketones is 2. The van der Waals surface area contributed by atoms with Gasteiger partial charge in [-0.3, -0.25) is 9.59 Å². The Hall–Kier alpha value is -1.62. The normalized spacial score (nSPS) is 10.4. The number of sulfone groups is 2. The van der Waals surface area contributed by atoms with Gasteiger partial charge in [0, 0.05) is 10.8 Å². The van der Waals surface area contributed by atoms with Gasteiger partial charge >= 0.3 is 0 Å². The standard InChI is InChI=1S/C10H12O6S2.2H3N/c1-4-17(13,14)6-9(11)8(3)10(12)7-18(15,16)5-2;;/h4-5H,1-3,6-7H2;2*1H3. The van der Waals surface area contributed by atoms with Crippen LogP contribution in [0.25, 0.3) is 0 Å². The molecule has 0 aliphatic heterocycles. The van der Waals surface area contributed by atoms with Gasteiger partial charge in [0.1, 0.15) is 11.5 Å². The molecule has 10 heteroatoms. The molecule has 8 nitrogen and oxygen atoms in total. The zero-order valence-corrected chi connectivity index (χ0v) is 12.5. The van der Waals surface area contributed by atoms with Crippen LogP contribution in [0, 0.1) is 0 Å². The second-order valence-corrected chi connectivity index (χ2v) is 7.17. The summed E-state index contributed by atoms with van der Waals surface area (Å²) in [6, 6.07) is 0. The van der Waals surface area contributed by atoms with Crippen molar-refractivity contribution in [3.05, 3.63) is 36.1 Å². The molecule has 0 aromatic heterocycles. The molecule has 0 aliphatic carbocycles. The fourth-order valence-electron chi connectivity index (χ4n) is 0.813. The number of hydrogen-bond acceptors (Lipinski definition) is 8. The molecule has 0 rings (SSSR count). The Labute approximate surface area is 118 Å². The minimum absolute atomic E-state index is 0. The van der Waals surface area contributed by atoms with E-state index in [4.69, 9.17) is 0 Å². The second-order valence-electron chi connectivity index (χ2n) is 3.27. The Bertz CT molecular complexity index is 562. The summed E-state index contributed by atoms with van der Waals surface area (Å²) >= 11 is 0. The summed E-state index contributed by atoms with van der Waals surface area (Å²) < 4.78 is 44.2. The van der Waals surface area contributed by atoms with E-state index in [2.05, 4.69) is 19.7 Å². The van der Waals surface area contributed by atoms with E-state index in [1.54, 1.807) is 0 Å². The maximum atomic E-state index is 11.4. The van der Waals surface area contributed by atoms with Crippen molar-refractivity contribution in [2.75, 3.05) is 11.5 Å². The van der Waals surface area contributed by atoms with E-state index in [0.717, 1.165) is 0 Å². The molecule has 0 heterocycles. The van der Waals surface area contributed by atoms with Crippen LogP contribution in [-0.4, -0.2) is 39.9 Å². The first-order chi connectivity index (χ1) is 8.04. The van der Waals surface area contributed by atoms with E-state index in [1.165, 1.54) is 0 Å². The molecule has 0 radical (unpaired) electrons. The Morgan fingerprint density at radius 3 is 1.25 bits per heavy atom. The van der Waals surface area contributed by atoms with Crippen LogP contribution in [0.1, 0.15) is 0 Å². The average Bonchev–Trinajstić information content (AvgIpc) is 2.26. The van der Waals surface area contributed by atoms with E-state index in [9.17, 15) is 26.4 Å². The van der Waals surface area contributed by atoms with E-state index in [0.29, 0.717) is 10.8 Å². The molecule has 0 spiro atoms. The van der Waals surface area contributed by atoms with Crippen molar-refractivity contribution >= 4 is 31.2 Å². The summed E-state index contributed by atoms with van der Waals surface area (Å²) in [4.78, 5) is 22.7. The third-order valence-corrected chi connectivity index (χ3v) is 4.19. The molecular formula is C10H18N2O6S2. The fraction of sp³-hybridized carbons (Fsp3) is 0.200. The zero-order chi connectivity index (χ0) is 14.6. The summed E-state index contributed by atoms with van der Waals surface area (Å²) in [7, 11) is -7.63. The molecule has 0 amide bonds. The van der Waals surface area contributed by atoms with E-state index >= 15 is 0 Å². The van der Waals surface area contributed by atoms with Crippen LogP contribution in [0.3, 0.4) is 0 Å². The molecular weight excluding hydrogens is 308 g/mol. The molecule has 0 atom stereocenters. The molecule has 0 fully saturated rings. The Kier molecular flexibility index (Phi) is 10.0. The summed E-state index contributed by atoms with van der Waals surface area (Å²) in [6.45, 7) is 9.09. The van der Waals surface area contributed by atoms with Crippen molar-refractivity contribution in [2.24, 2.45) is 0 Å². The lowest BCUT2D eigenvalue weighted by molar-refractivity contribution is -0.118. The number of Topliss-reactive ketones (excluding diaryl/α,β-unsaturated/α-hetero) is 2. The Morgan fingerprint density at radius 2 is 1.05 bits per heavy atom. The van der Waals surface area contributed by atoms with Crippen molar-refractivity contribution in [1.29, 1.82) is 0 Å². The van der Waals surface area contributed by atoms with Gasteiger partial charge in [-0.25, -0.2) is 16.8 Å². The lowest BCUT2D eigenvalue weighted by Crippen LogP contribution is -2.24. The fourth-order valence-corrected chi connectivity index (χ4v) is 2.13. The minimum Gasteiger partial charge on any atom is -0.344 e. The Balaban J connectivity index is -0.00000144. The topological polar surface area (TPSA) is 172 Å². The molecule has 116 valence electrons. The lowest BCUT2D eigenvalue weighted by Gasteiger charge is -2.02. The van der Waals surface area contributed by atoms with Gasteiger partial charge in [0.2, 0.25) is 0 Å². The minimum atomic E-state index is -3.81. The quantitative estimate of drug-likeness (QED) is 0.359. The molecule has 6 N–H and O–H groups in total. The van der Waals surface area contributed by atoms with Gasteiger partial charge in [0.15, 0.2) is 31.2 Å². The summed E-state index contributed by atoms with van der Waals surface area (Å²) in [6.07, 6.45) is 0. The summed E-state index contributed by atoms with van der Waals surface area (Å²) in [5, 5.41) is 1.15. The largest absolute Gasteiger partial charge is 0.344 e. The van der Waals surface area contributed by atoms with Crippen LogP contribution in [0.15, 0.2) is 36.1 Å². The highest BCUT2D eigenvalue weighted by Crippen LogP contribution is 2.04. The van der Waals surface area contributed by atoms with Gasteiger partial charge in [-0.05, 0) is 0 Å². The molecule has 0 aromatic carbocycles. The third-order valence-electron chi connectivity index (χ3n) is 1.85. The highest BCUT2D eigenvalue weighted by molar-refractivity contribution is 7.95. The van der Waals surface area contributed by atoms with Gasteiger partial charge in [-0.2, -0.15) is 0 Å². The first-order valence-electron chi connectivity index (χ1n) is 4.50. The summed E-state index contributed by atoms with van der Waals surface area (Å²) in [5.74, 6) is -4.04. The number of rotatable bonds is 8. The Morgan fingerprint density at radius 1 is 0.800 bits per heavy atom. The third kappa shape index (κ3) is 7.74. The number of carbonyl (C=O) groups excluding carboxylic acids is 2. The molecule has 0 aliphatic rings. The van der Waals surface area contributed by atoms with Crippen LogP contribution < -0.4 is 12.3 Å². The smallest absolute Gasteiger partial charge is 0.181 e. The lowest BCUT2D eigenvalue weighted by atomic mass is 10.1. The van der Waals surface area contributed by atoms with E-state index in [1.807, 2.05) is 0 Å². The van der Waals surface area contributed by atoms with Crippen molar-refractivity contribution in [3.63, 3.8) is 0 Å². The van der Waals surface area contributed by atoms with Crippen LogP contribution in [0.5, 0.6) is 0 Å². The second kappa shape index (κ2) is 8.53. The number of allylic oxidation sites excluding steroid dienone is 1. The van der Waals surface area contributed by atoms with Crippen molar-refractivity contribution < 1.29 is 26.4 Å². The predicted molar refractivity (Wildman–Crippen MR) is 77.2 cm³/mol.